The second-order valence-electron chi connectivity index (χ2n) is 8.54. The molecular weight excluding hydrogens is 376 g/mol. The number of Topliss-reactive ketones (excluding diaryl/α,β-unsaturated/α-hetero) is 1. The van der Waals surface area contributed by atoms with Crippen LogP contribution in [0.4, 0.5) is 0 Å². The number of hydrogen-bond donors (Lipinski definition) is 1. The minimum Gasteiger partial charge on any atom is -0.479 e. The fraction of sp³-hybridized carbons (Fsp3) is 0.615. The Labute approximate surface area is 181 Å². The van der Waals surface area contributed by atoms with Crippen LogP contribution in [0.5, 0.6) is 0 Å². The second kappa shape index (κ2) is 12.0. The molecule has 1 aliphatic rings. The Morgan fingerprint density at radius 2 is 1.57 bits per heavy atom. The van der Waals surface area contributed by atoms with Crippen molar-refractivity contribution in [3.63, 3.8) is 0 Å². The molecule has 1 aromatic rings. The number of carboxylic acid groups (broad SMARTS) is 1. The van der Waals surface area contributed by atoms with Gasteiger partial charge < -0.3 is 9.84 Å². The van der Waals surface area contributed by atoms with E-state index in [1.54, 1.807) is 6.08 Å². The topological polar surface area (TPSA) is 63.6 Å². The molecule has 0 fully saturated rings. The molecule has 4 heteroatoms. The third-order valence-electron chi connectivity index (χ3n) is 6.24. The van der Waals surface area contributed by atoms with Crippen molar-refractivity contribution in [3.8, 4) is 0 Å². The number of ketones is 1. The third-order valence-corrected chi connectivity index (χ3v) is 6.24. The lowest BCUT2D eigenvalue weighted by Gasteiger charge is -2.39. The summed E-state index contributed by atoms with van der Waals surface area (Å²) in [6, 6.07) is 9.77. The van der Waals surface area contributed by atoms with E-state index >= 15 is 0 Å². The van der Waals surface area contributed by atoms with Crippen molar-refractivity contribution in [1.82, 2.24) is 0 Å². The van der Waals surface area contributed by atoms with Gasteiger partial charge >= 0.3 is 5.97 Å². The highest BCUT2D eigenvalue weighted by molar-refractivity contribution is 5.99. The molecule has 2 atom stereocenters. The SMILES string of the molecule is CCCCCCCOC1(C(=O)O)C=CC(CCCCCC)(c2ccccc2)C(=O)C1. The maximum Gasteiger partial charge on any atom is 0.340 e. The number of benzene rings is 1. The van der Waals surface area contributed by atoms with Gasteiger partial charge in [0.1, 0.15) is 0 Å². The van der Waals surface area contributed by atoms with Crippen LogP contribution in [0.25, 0.3) is 0 Å². The Bertz CT molecular complexity index is 696. The summed E-state index contributed by atoms with van der Waals surface area (Å²) in [5, 5.41) is 9.91. The van der Waals surface area contributed by atoms with Crippen molar-refractivity contribution >= 4 is 11.8 Å². The van der Waals surface area contributed by atoms with Crippen molar-refractivity contribution < 1.29 is 19.4 Å². The number of allylic oxidation sites excluding steroid dienone is 1. The highest BCUT2D eigenvalue weighted by Crippen LogP contribution is 2.41. The van der Waals surface area contributed by atoms with Gasteiger partial charge in [0.2, 0.25) is 0 Å². The Balaban J connectivity index is 2.20. The van der Waals surface area contributed by atoms with Crippen LogP contribution in [0.3, 0.4) is 0 Å². The lowest BCUT2D eigenvalue weighted by molar-refractivity contribution is -0.164. The second-order valence-corrected chi connectivity index (χ2v) is 8.54. The van der Waals surface area contributed by atoms with Crippen molar-refractivity contribution in [3.05, 3.63) is 48.0 Å². The first-order chi connectivity index (χ1) is 14.5. The van der Waals surface area contributed by atoms with Crippen LogP contribution in [0.15, 0.2) is 42.5 Å². The fourth-order valence-corrected chi connectivity index (χ4v) is 4.28. The molecule has 1 N–H and O–H groups in total. The molecular formula is C26H38O4. The van der Waals surface area contributed by atoms with E-state index in [9.17, 15) is 14.7 Å². The van der Waals surface area contributed by atoms with Crippen molar-refractivity contribution in [2.75, 3.05) is 6.61 Å². The maximum atomic E-state index is 13.5. The highest BCUT2D eigenvalue weighted by atomic mass is 16.5. The summed E-state index contributed by atoms with van der Waals surface area (Å²) in [6.45, 7) is 4.69. The molecule has 1 aromatic carbocycles. The summed E-state index contributed by atoms with van der Waals surface area (Å²) in [5.41, 5.74) is -1.34. The Morgan fingerprint density at radius 1 is 0.933 bits per heavy atom. The van der Waals surface area contributed by atoms with Crippen molar-refractivity contribution in [2.24, 2.45) is 0 Å². The summed E-state index contributed by atoms with van der Waals surface area (Å²) in [5.74, 6) is -1.13. The first kappa shape index (κ1) is 24.3. The average Bonchev–Trinajstić information content (AvgIpc) is 2.75. The van der Waals surface area contributed by atoms with Gasteiger partial charge in [0.15, 0.2) is 11.4 Å². The van der Waals surface area contributed by atoms with Crippen LogP contribution in [-0.4, -0.2) is 29.1 Å². The zero-order valence-corrected chi connectivity index (χ0v) is 18.7. The van der Waals surface area contributed by atoms with Crippen LogP contribution in [0.1, 0.15) is 90.0 Å². The summed E-state index contributed by atoms with van der Waals surface area (Å²) in [4.78, 5) is 25.6. The predicted molar refractivity (Wildman–Crippen MR) is 121 cm³/mol. The lowest BCUT2D eigenvalue weighted by atomic mass is 9.66. The first-order valence-corrected chi connectivity index (χ1v) is 11.7. The number of carbonyl (C=O) groups excluding carboxylic acids is 1. The Kier molecular flexibility index (Phi) is 9.77. The molecule has 166 valence electrons. The molecule has 0 aromatic heterocycles. The molecule has 0 spiro atoms. The molecule has 1 aliphatic carbocycles. The van der Waals surface area contributed by atoms with Gasteiger partial charge in [-0.25, -0.2) is 4.79 Å². The number of carbonyl (C=O) groups is 2. The Hall–Kier alpha value is -1.94. The van der Waals surface area contributed by atoms with Crippen molar-refractivity contribution in [2.45, 2.75) is 95.5 Å². The van der Waals surface area contributed by atoms with Crippen molar-refractivity contribution in [1.29, 1.82) is 0 Å². The van der Waals surface area contributed by atoms with E-state index in [0.29, 0.717) is 13.0 Å². The van der Waals surface area contributed by atoms with E-state index < -0.39 is 17.0 Å². The standard InChI is InChI=1S/C26H38O4/c1-3-5-7-9-14-20-30-26(24(28)29)19-18-25(23(27)21-26,17-13-8-6-4-2)22-15-11-10-12-16-22/h10-12,15-16,18-19H,3-9,13-14,17,20-21H2,1-2H3,(H,28,29). The number of carboxylic acids is 1. The molecule has 0 amide bonds. The van der Waals surface area contributed by atoms with Crippen LogP contribution in [-0.2, 0) is 19.7 Å². The summed E-state index contributed by atoms with van der Waals surface area (Å²) in [6.07, 6.45) is 13.7. The first-order valence-electron chi connectivity index (χ1n) is 11.7. The minimum absolute atomic E-state index is 0.0546. The molecule has 0 aliphatic heterocycles. The van der Waals surface area contributed by atoms with E-state index in [2.05, 4.69) is 13.8 Å². The van der Waals surface area contributed by atoms with Crippen LogP contribution in [0.2, 0.25) is 0 Å². The molecule has 0 bridgehead atoms. The molecule has 0 radical (unpaired) electrons. The number of ether oxygens (including phenoxy) is 1. The minimum atomic E-state index is -1.54. The van der Waals surface area contributed by atoms with Crippen LogP contribution < -0.4 is 0 Å². The highest BCUT2D eigenvalue weighted by Gasteiger charge is 2.50. The smallest absolute Gasteiger partial charge is 0.340 e. The van der Waals surface area contributed by atoms with Gasteiger partial charge in [-0.3, -0.25) is 4.79 Å². The number of unbranched alkanes of at least 4 members (excludes halogenated alkanes) is 7. The van der Waals surface area contributed by atoms with Gasteiger partial charge in [-0.05, 0) is 24.5 Å². The molecule has 2 unspecified atom stereocenters. The van der Waals surface area contributed by atoms with Gasteiger partial charge in [-0.15, -0.1) is 0 Å². The van der Waals surface area contributed by atoms with E-state index in [0.717, 1.165) is 56.9 Å². The summed E-state index contributed by atoms with van der Waals surface area (Å²) >= 11 is 0. The van der Waals surface area contributed by atoms with Gasteiger partial charge in [0.25, 0.3) is 0 Å². The zero-order chi connectivity index (χ0) is 21.9. The van der Waals surface area contributed by atoms with Gasteiger partial charge in [0.05, 0.1) is 11.8 Å². The number of aliphatic carboxylic acids is 1. The van der Waals surface area contributed by atoms with Crippen LogP contribution in [0, 0.1) is 0 Å². The van der Waals surface area contributed by atoms with Gasteiger partial charge in [-0.1, -0.05) is 102 Å². The molecule has 4 nitrogen and oxygen atoms in total. The van der Waals surface area contributed by atoms with E-state index in [-0.39, 0.29) is 12.2 Å². The Morgan fingerprint density at radius 3 is 2.17 bits per heavy atom. The quantitative estimate of drug-likeness (QED) is 0.289. The largest absolute Gasteiger partial charge is 0.479 e. The van der Waals surface area contributed by atoms with E-state index in [1.165, 1.54) is 6.42 Å². The van der Waals surface area contributed by atoms with Gasteiger partial charge in [-0.2, -0.15) is 0 Å². The lowest BCUT2D eigenvalue weighted by Crippen LogP contribution is -2.50. The molecule has 2 rings (SSSR count). The monoisotopic (exact) mass is 414 g/mol. The fourth-order valence-electron chi connectivity index (χ4n) is 4.28. The molecule has 0 saturated carbocycles. The van der Waals surface area contributed by atoms with E-state index in [1.807, 2.05) is 36.4 Å². The zero-order valence-electron chi connectivity index (χ0n) is 18.7. The van der Waals surface area contributed by atoms with Crippen LogP contribution >= 0.6 is 0 Å². The molecule has 30 heavy (non-hydrogen) atoms. The number of rotatable bonds is 14. The molecule has 0 heterocycles. The summed E-state index contributed by atoms with van der Waals surface area (Å²) < 4.78 is 5.85. The average molecular weight is 415 g/mol. The number of hydrogen-bond acceptors (Lipinski definition) is 3. The predicted octanol–water partition coefficient (Wildman–Crippen LogP) is 6.23. The van der Waals surface area contributed by atoms with Gasteiger partial charge in [0, 0.05) is 6.61 Å². The normalized spacial score (nSPS) is 23.6. The summed E-state index contributed by atoms with van der Waals surface area (Å²) in [7, 11) is 0. The van der Waals surface area contributed by atoms with E-state index in [4.69, 9.17) is 4.74 Å². The third kappa shape index (κ3) is 6.04. The molecule has 0 saturated heterocycles. The maximum absolute atomic E-state index is 13.5.